The van der Waals surface area contributed by atoms with E-state index in [1.165, 1.54) is 12.5 Å². The lowest BCUT2D eigenvalue weighted by atomic mass is 10.1. The third-order valence-electron chi connectivity index (χ3n) is 7.08. The predicted octanol–water partition coefficient (Wildman–Crippen LogP) is 4.88. The van der Waals surface area contributed by atoms with Crippen molar-refractivity contribution < 1.29 is 14.3 Å². The number of amides is 1. The Morgan fingerprint density at radius 3 is 2.52 bits per heavy atom. The third kappa shape index (κ3) is 8.77. The first kappa shape index (κ1) is 31.0. The average Bonchev–Trinajstić information content (AvgIpc) is 2.95. The highest BCUT2D eigenvalue weighted by Crippen LogP contribution is 2.27. The van der Waals surface area contributed by atoms with Gasteiger partial charge in [-0.05, 0) is 83.1 Å². The zero-order chi connectivity index (χ0) is 30.1. The minimum atomic E-state index is -0.600. The van der Waals surface area contributed by atoms with Gasteiger partial charge < -0.3 is 25.6 Å². The second kappa shape index (κ2) is 14.3. The fraction of sp³-hybridized carbons (Fsp3) is 0.531. The Kier molecular flexibility index (Phi) is 10.5. The van der Waals surface area contributed by atoms with E-state index in [0.29, 0.717) is 37.7 Å². The quantitative estimate of drug-likeness (QED) is 0.193. The van der Waals surface area contributed by atoms with Crippen molar-refractivity contribution in [3.63, 3.8) is 0 Å². The van der Waals surface area contributed by atoms with Gasteiger partial charge in [-0.25, -0.2) is 19.7 Å². The van der Waals surface area contributed by atoms with Crippen molar-refractivity contribution in [2.45, 2.75) is 84.8 Å². The Labute approximate surface area is 249 Å². The molecule has 3 aromatic rings. The molecule has 3 heterocycles. The number of fused-ring (bicyclic) bond motifs is 2. The highest BCUT2D eigenvalue weighted by Gasteiger charge is 2.26. The van der Waals surface area contributed by atoms with Gasteiger partial charge in [0.15, 0.2) is 11.6 Å². The molecule has 1 amide bonds. The number of carbonyl (C=O) groups is 2. The Bertz CT molecular complexity index is 1370. The van der Waals surface area contributed by atoms with Crippen LogP contribution in [0.5, 0.6) is 0 Å². The summed E-state index contributed by atoms with van der Waals surface area (Å²) < 4.78 is 5.68. The maximum absolute atomic E-state index is 13.0. The molecule has 3 N–H and O–H groups in total. The molecule has 10 nitrogen and oxygen atoms in total. The van der Waals surface area contributed by atoms with Crippen molar-refractivity contribution in [2.24, 2.45) is 0 Å². The first-order valence-electron chi connectivity index (χ1n) is 15.1. The summed E-state index contributed by atoms with van der Waals surface area (Å²) in [6.45, 7) is 11.7. The number of aromatic nitrogens is 3. The summed E-state index contributed by atoms with van der Waals surface area (Å²) in [7, 11) is 0. The van der Waals surface area contributed by atoms with Crippen LogP contribution in [-0.4, -0.2) is 64.7 Å². The van der Waals surface area contributed by atoms with Gasteiger partial charge in [0.05, 0.1) is 11.0 Å². The molecule has 1 aliphatic rings. The largest absolute Gasteiger partial charge is 0.458 e. The van der Waals surface area contributed by atoms with Gasteiger partial charge in [0.25, 0.3) is 0 Å². The fourth-order valence-corrected chi connectivity index (χ4v) is 4.98. The van der Waals surface area contributed by atoms with Crippen LogP contribution in [0.2, 0.25) is 0 Å². The number of esters is 1. The van der Waals surface area contributed by atoms with Gasteiger partial charge in [-0.15, -0.1) is 0 Å². The van der Waals surface area contributed by atoms with Crippen molar-refractivity contribution in [3.8, 4) is 0 Å². The number of nitrogens with zero attached hydrogens (tertiary/aromatic N) is 4. The van der Waals surface area contributed by atoms with Crippen molar-refractivity contribution in [1.29, 1.82) is 0 Å². The smallest absolute Gasteiger partial charge is 0.329 e. The zero-order valence-corrected chi connectivity index (χ0v) is 25.6. The van der Waals surface area contributed by atoms with Crippen molar-refractivity contribution in [2.75, 3.05) is 41.7 Å². The summed E-state index contributed by atoms with van der Waals surface area (Å²) in [4.78, 5) is 41.6. The summed E-state index contributed by atoms with van der Waals surface area (Å²) in [5.74, 6) is 1.78. The number of unbranched alkanes of at least 4 members (excludes halogenated alkanes) is 1. The topological polar surface area (TPSA) is 121 Å². The van der Waals surface area contributed by atoms with E-state index >= 15 is 0 Å². The van der Waals surface area contributed by atoms with Gasteiger partial charge in [0.1, 0.15) is 17.5 Å². The number of aryl methyl sites for hydroxylation is 2. The molecule has 2 aromatic heterocycles. The molecule has 0 aliphatic carbocycles. The second-order valence-corrected chi connectivity index (χ2v) is 11.8. The van der Waals surface area contributed by atoms with Gasteiger partial charge in [-0.3, -0.25) is 4.79 Å². The van der Waals surface area contributed by atoms with Crippen LogP contribution < -0.4 is 20.9 Å². The Morgan fingerprint density at radius 2 is 1.81 bits per heavy atom. The number of rotatable bonds is 13. The van der Waals surface area contributed by atoms with Gasteiger partial charge in [0, 0.05) is 38.8 Å². The Balaban J connectivity index is 1.54. The van der Waals surface area contributed by atoms with E-state index < -0.39 is 11.6 Å². The van der Waals surface area contributed by atoms with Crippen molar-refractivity contribution in [3.05, 3.63) is 47.7 Å². The second-order valence-electron chi connectivity index (χ2n) is 11.8. The van der Waals surface area contributed by atoms with E-state index in [0.717, 1.165) is 61.2 Å². The molecule has 0 bridgehead atoms. The molecule has 1 aliphatic heterocycles. The monoisotopic (exact) mass is 575 g/mol. The first-order chi connectivity index (χ1) is 20.1. The maximum Gasteiger partial charge on any atom is 0.329 e. The van der Waals surface area contributed by atoms with Gasteiger partial charge in [-0.1, -0.05) is 25.1 Å². The summed E-state index contributed by atoms with van der Waals surface area (Å²) >= 11 is 0. The zero-order valence-electron chi connectivity index (χ0n) is 25.6. The van der Waals surface area contributed by atoms with E-state index in [1.807, 2.05) is 52.0 Å². The molecule has 4 rings (SSSR count). The normalized spacial score (nSPS) is 13.5. The Hall–Kier alpha value is -3.95. The van der Waals surface area contributed by atoms with E-state index in [9.17, 15) is 9.59 Å². The van der Waals surface area contributed by atoms with Gasteiger partial charge >= 0.3 is 5.97 Å². The molecule has 0 unspecified atom stereocenters. The number of nitrogens with one attached hydrogen (secondary N) is 3. The van der Waals surface area contributed by atoms with E-state index in [2.05, 4.69) is 33.0 Å². The fourth-order valence-electron chi connectivity index (χ4n) is 4.98. The lowest BCUT2D eigenvalue weighted by Gasteiger charge is -2.28. The first-order valence-corrected chi connectivity index (χ1v) is 15.1. The van der Waals surface area contributed by atoms with Crippen molar-refractivity contribution >= 4 is 40.4 Å². The van der Waals surface area contributed by atoms with Gasteiger partial charge in [0.2, 0.25) is 5.91 Å². The summed E-state index contributed by atoms with van der Waals surface area (Å²) in [6, 6.07) is 11.4. The average molecular weight is 576 g/mol. The SMILES string of the molecule is CC[C@H](Nc1nc2ccccc2nc1N(CCCCc1ccc2c(n1)NCCC2)CCNC(C)=O)C(=O)OC(C)(C)C. The molecular weight excluding hydrogens is 530 g/mol. The standard InChI is InChI=1S/C32H45N7O3/c1-6-25(31(41)42-32(3,4)5)36-29-30(38-27-15-8-7-14-26(27)37-29)39(21-19-33-22(2)40)20-10-9-13-24-17-16-23-12-11-18-34-28(23)35-24/h7-8,14-17,25H,6,9-13,18-21H2,1-5H3,(H,33,40)(H,34,35)(H,36,37)/t25-/m0/s1. The molecular formula is C32H45N7O3. The third-order valence-corrected chi connectivity index (χ3v) is 7.08. The van der Waals surface area contributed by atoms with E-state index in [4.69, 9.17) is 19.7 Å². The molecule has 226 valence electrons. The van der Waals surface area contributed by atoms with Crippen LogP contribution >= 0.6 is 0 Å². The summed E-state index contributed by atoms with van der Waals surface area (Å²) in [5, 5.41) is 9.66. The van der Waals surface area contributed by atoms with Gasteiger partial charge in [-0.2, -0.15) is 0 Å². The lowest BCUT2D eigenvalue weighted by Crippen LogP contribution is -2.38. The van der Waals surface area contributed by atoms with Crippen LogP contribution in [0.25, 0.3) is 11.0 Å². The number of ether oxygens (including phenoxy) is 1. The number of para-hydroxylation sites is 2. The van der Waals surface area contributed by atoms with Crippen LogP contribution in [-0.2, 0) is 27.2 Å². The minimum absolute atomic E-state index is 0.0824. The molecule has 0 saturated heterocycles. The summed E-state index contributed by atoms with van der Waals surface area (Å²) in [5.41, 5.74) is 3.28. The molecule has 0 fully saturated rings. The number of anilines is 3. The number of benzene rings is 1. The van der Waals surface area contributed by atoms with Crippen molar-refractivity contribution in [1.82, 2.24) is 20.3 Å². The van der Waals surface area contributed by atoms with Crippen LogP contribution in [0.1, 0.15) is 71.6 Å². The summed E-state index contributed by atoms with van der Waals surface area (Å²) in [6.07, 6.45) is 5.46. The minimum Gasteiger partial charge on any atom is -0.458 e. The molecule has 0 spiro atoms. The van der Waals surface area contributed by atoms with Crippen LogP contribution in [0.4, 0.5) is 17.5 Å². The van der Waals surface area contributed by atoms with E-state index in [-0.39, 0.29) is 11.9 Å². The highest BCUT2D eigenvalue weighted by atomic mass is 16.6. The molecule has 1 atom stereocenters. The number of hydrogen-bond acceptors (Lipinski definition) is 9. The van der Waals surface area contributed by atoms with E-state index in [1.54, 1.807) is 0 Å². The van der Waals surface area contributed by atoms with Crippen LogP contribution in [0.3, 0.4) is 0 Å². The number of hydrogen-bond donors (Lipinski definition) is 3. The van der Waals surface area contributed by atoms with Crippen LogP contribution in [0, 0.1) is 0 Å². The maximum atomic E-state index is 13.0. The number of pyridine rings is 1. The molecule has 0 radical (unpaired) electrons. The molecule has 42 heavy (non-hydrogen) atoms. The van der Waals surface area contributed by atoms with Crippen LogP contribution in [0.15, 0.2) is 36.4 Å². The number of carbonyl (C=O) groups excluding carboxylic acids is 2. The molecule has 0 saturated carbocycles. The lowest BCUT2D eigenvalue weighted by molar-refractivity contribution is -0.155. The predicted molar refractivity (Wildman–Crippen MR) is 168 cm³/mol. The Morgan fingerprint density at radius 1 is 1.05 bits per heavy atom. The molecule has 1 aromatic carbocycles. The molecule has 10 heteroatoms. The highest BCUT2D eigenvalue weighted by molar-refractivity contribution is 5.84.